The summed E-state index contributed by atoms with van der Waals surface area (Å²) in [7, 11) is 3.36. The van der Waals surface area contributed by atoms with E-state index >= 15 is 0 Å². The molecule has 120 valence electrons. The predicted octanol–water partition coefficient (Wildman–Crippen LogP) is 5.13. The molecule has 0 aliphatic heterocycles. The van der Waals surface area contributed by atoms with Crippen molar-refractivity contribution in [3.8, 4) is 0 Å². The minimum Gasteiger partial charge on any atom is -0.339 e. The molecule has 0 fully saturated rings. The van der Waals surface area contributed by atoms with Gasteiger partial charge in [-0.2, -0.15) is 0 Å². The number of hydrogen-bond acceptors (Lipinski definition) is 3. The van der Waals surface area contributed by atoms with Gasteiger partial charge in [-0.3, -0.25) is 9.59 Å². The number of nitrogens with one attached hydrogen (secondary N) is 1. The van der Waals surface area contributed by atoms with E-state index in [-0.39, 0.29) is 11.1 Å². The molecule has 0 spiro atoms. The van der Waals surface area contributed by atoms with E-state index in [1.165, 1.54) is 4.90 Å². The Hall–Kier alpha value is -1.50. The second-order valence-electron chi connectivity index (χ2n) is 4.84. The van der Waals surface area contributed by atoms with Gasteiger partial charge in [-0.15, -0.1) is 0 Å². The van der Waals surface area contributed by atoms with E-state index in [9.17, 15) is 9.59 Å². The second kappa shape index (κ2) is 7.86. The van der Waals surface area contributed by atoms with E-state index in [0.717, 1.165) is 16.2 Å². The van der Waals surface area contributed by atoms with Crippen LogP contribution in [0.15, 0.2) is 51.8 Å². The predicted molar refractivity (Wildman–Crippen MR) is 98.5 cm³/mol. The number of amides is 2. The standard InChI is InChI=1S/C16H14BrClN2O2S/c1-20(2)16(22)23-14-6-4-3-5-13(14)19-15(21)11-8-7-10(17)9-12(11)18/h3-9H,1-2H3,(H,19,21). The second-order valence-corrected chi connectivity index (χ2v) is 7.15. The van der Waals surface area contributed by atoms with Crippen LogP contribution in [0, 0.1) is 0 Å². The molecule has 0 heterocycles. The van der Waals surface area contributed by atoms with Crippen molar-refractivity contribution in [3.63, 3.8) is 0 Å². The molecule has 2 rings (SSSR count). The molecular formula is C16H14BrClN2O2S. The average molecular weight is 414 g/mol. The maximum Gasteiger partial charge on any atom is 0.286 e. The maximum absolute atomic E-state index is 12.4. The summed E-state index contributed by atoms with van der Waals surface area (Å²) in [5, 5.41) is 3.04. The third-order valence-electron chi connectivity index (χ3n) is 2.87. The SMILES string of the molecule is CN(C)C(=O)Sc1ccccc1NC(=O)c1ccc(Br)cc1Cl. The number of halogens is 2. The van der Waals surface area contributed by atoms with Crippen molar-refractivity contribution < 1.29 is 9.59 Å². The summed E-state index contributed by atoms with van der Waals surface area (Å²) in [5.74, 6) is -0.326. The van der Waals surface area contributed by atoms with Gasteiger partial charge in [-0.25, -0.2) is 0 Å². The van der Waals surface area contributed by atoms with Crippen molar-refractivity contribution in [2.75, 3.05) is 19.4 Å². The molecule has 4 nitrogen and oxygen atoms in total. The van der Waals surface area contributed by atoms with Crippen LogP contribution >= 0.6 is 39.3 Å². The van der Waals surface area contributed by atoms with Crippen LogP contribution in [0.5, 0.6) is 0 Å². The van der Waals surface area contributed by atoms with Crippen LogP contribution in [0.4, 0.5) is 10.5 Å². The van der Waals surface area contributed by atoms with Crippen LogP contribution in [0.3, 0.4) is 0 Å². The van der Waals surface area contributed by atoms with E-state index in [4.69, 9.17) is 11.6 Å². The van der Waals surface area contributed by atoms with Gasteiger partial charge in [-0.05, 0) is 42.1 Å². The van der Waals surface area contributed by atoms with Gasteiger partial charge in [0.05, 0.1) is 16.3 Å². The monoisotopic (exact) mass is 412 g/mol. The third kappa shape index (κ3) is 4.73. The molecule has 0 atom stereocenters. The van der Waals surface area contributed by atoms with E-state index in [1.54, 1.807) is 50.5 Å². The maximum atomic E-state index is 12.4. The van der Waals surface area contributed by atoms with Crippen LogP contribution in [0.1, 0.15) is 10.4 Å². The number of para-hydroxylation sites is 1. The van der Waals surface area contributed by atoms with Crippen molar-refractivity contribution in [2.45, 2.75) is 4.90 Å². The topological polar surface area (TPSA) is 49.4 Å². The number of benzene rings is 2. The molecule has 0 aromatic heterocycles. The minimum atomic E-state index is -0.326. The van der Waals surface area contributed by atoms with Crippen molar-refractivity contribution in [2.24, 2.45) is 0 Å². The Labute approximate surface area is 152 Å². The van der Waals surface area contributed by atoms with Crippen molar-refractivity contribution in [1.82, 2.24) is 4.90 Å². The van der Waals surface area contributed by atoms with Crippen molar-refractivity contribution in [1.29, 1.82) is 0 Å². The summed E-state index contributed by atoms with van der Waals surface area (Å²) < 4.78 is 0.798. The van der Waals surface area contributed by atoms with Crippen molar-refractivity contribution in [3.05, 3.63) is 57.5 Å². The smallest absolute Gasteiger partial charge is 0.286 e. The summed E-state index contributed by atoms with van der Waals surface area (Å²) in [6, 6.07) is 12.2. The van der Waals surface area contributed by atoms with Gasteiger partial charge in [0, 0.05) is 23.5 Å². The lowest BCUT2D eigenvalue weighted by Gasteiger charge is -2.13. The molecule has 2 amide bonds. The van der Waals surface area contributed by atoms with E-state index < -0.39 is 0 Å². The number of rotatable bonds is 3. The van der Waals surface area contributed by atoms with E-state index in [1.807, 2.05) is 6.07 Å². The average Bonchev–Trinajstić information content (AvgIpc) is 2.48. The summed E-state index contributed by atoms with van der Waals surface area (Å²) in [4.78, 5) is 26.4. The Morgan fingerprint density at radius 2 is 1.87 bits per heavy atom. The summed E-state index contributed by atoms with van der Waals surface area (Å²) in [6.45, 7) is 0. The van der Waals surface area contributed by atoms with Gasteiger partial charge >= 0.3 is 0 Å². The molecule has 0 saturated heterocycles. The zero-order valence-electron chi connectivity index (χ0n) is 12.5. The first kappa shape index (κ1) is 17.8. The van der Waals surface area contributed by atoms with Crippen LogP contribution in [-0.4, -0.2) is 30.1 Å². The number of carbonyl (C=O) groups is 2. The Bertz CT molecular complexity index is 753. The molecule has 0 aliphatic carbocycles. The fraction of sp³-hybridized carbons (Fsp3) is 0.125. The third-order valence-corrected chi connectivity index (χ3v) is 4.80. The lowest BCUT2D eigenvalue weighted by molar-refractivity contribution is 0.102. The Kier molecular flexibility index (Phi) is 6.10. The highest BCUT2D eigenvalue weighted by Crippen LogP contribution is 2.30. The Morgan fingerprint density at radius 1 is 1.17 bits per heavy atom. The van der Waals surface area contributed by atoms with Gasteiger partial charge in [0.25, 0.3) is 11.1 Å². The summed E-state index contributed by atoms with van der Waals surface area (Å²) >= 11 is 10.5. The van der Waals surface area contributed by atoms with Crippen LogP contribution < -0.4 is 5.32 Å². The van der Waals surface area contributed by atoms with Crippen LogP contribution in [-0.2, 0) is 0 Å². The number of carbonyl (C=O) groups excluding carboxylic acids is 2. The zero-order chi connectivity index (χ0) is 17.0. The summed E-state index contributed by atoms with van der Waals surface area (Å²) in [5.41, 5.74) is 0.935. The fourth-order valence-electron chi connectivity index (χ4n) is 1.71. The molecule has 0 unspecified atom stereocenters. The van der Waals surface area contributed by atoms with E-state index in [0.29, 0.717) is 21.2 Å². The van der Waals surface area contributed by atoms with Gasteiger partial charge in [-0.1, -0.05) is 39.7 Å². The molecule has 0 bridgehead atoms. The first-order valence-corrected chi connectivity index (χ1v) is 8.62. The van der Waals surface area contributed by atoms with Gasteiger partial charge in [0.1, 0.15) is 0 Å². The molecule has 2 aromatic carbocycles. The van der Waals surface area contributed by atoms with Crippen molar-refractivity contribution >= 4 is 56.1 Å². The Morgan fingerprint density at radius 3 is 2.52 bits per heavy atom. The van der Waals surface area contributed by atoms with Gasteiger partial charge in [0.15, 0.2) is 0 Å². The van der Waals surface area contributed by atoms with Gasteiger partial charge < -0.3 is 10.2 Å². The fourth-order valence-corrected chi connectivity index (χ4v) is 3.21. The van der Waals surface area contributed by atoms with Gasteiger partial charge in [0.2, 0.25) is 0 Å². The number of anilines is 1. The van der Waals surface area contributed by atoms with Crippen LogP contribution in [0.25, 0.3) is 0 Å². The lowest BCUT2D eigenvalue weighted by Crippen LogP contribution is -2.17. The molecule has 0 radical (unpaired) electrons. The number of nitrogens with zero attached hydrogens (tertiary/aromatic N) is 1. The normalized spacial score (nSPS) is 10.3. The molecule has 23 heavy (non-hydrogen) atoms. The molecule has 2 aromatic rings. The largest absolute Gasteiger partial charge is 0.339 e. The molecule has 7 heteroatoms. The molecule has 0 saturated carbocycles. The highest BCUT2D eigenvalue weighted by Gasteiger charge is 2.15. The minimum absolute atomic E-state index is 0.117. The highest BCUT2D eigenvalue weighted by molar-refractivity contribution is 9.10. The lowest BCUT2D eigenvalue weighted by atomic mass is 10.2. The Balaban J connectivity index is 2.23. The van der Waals surface area contributed by atoms with Crippen LogP contribution in [0.2, 0.25) is 5.02 Å². The number of hydrogen-bond donors (Lipinski definition) is 1. The number of thioether (sulfide) groups is 1. The first-order chi connectivity index (χ1) is 10.9. The van der Waals surface area contributed by atoms with E-state index in [2.05, 4.69) is 21.2 Å². The summed E-state index contributed by atoms with van der Waals surface area (Å²) in [6.07, 6.45) is 0. The quantitative estimate of drug-likeness (QED) is 0.710. The zero-order valence-corrected chi connectivity index (χ0v) is 15.6. The molecule has 1 N–H and O–H groups in total. The molecular weight excluding hydrogens is 400 g/mol. The first-order valence-electron chi connectivity index (χ1n) is 6.63. The molecule has 0 aliphatic rings. The highest BCUT2D eigenvalue weighted by atomic mass is 79.9.